The topological polar surface area (TPSA) is 57.2 Å². The summed E-state index contributed by atoms with van der Waals surface area (Å²) in [4.78, 5) is 13.5. The van der Waals surface area contributed by atoms with E-state index in [1.807, 2.05) is 44.2 Å². The van der Waals surface area contributed by atoms with Crippen LogP contribution in [0.2, 0.25) is 0 Å². The van der Waals surface area contributed by atoms with Crippen LogP contribution in [0.3, 0.4) is 0 Å². The predicted octanol–water partition coefficient (Wildman–Crippen LogP) is 1.93. The maximum Gasteiger partial charge on any atom is 0.219 e. The second kappa shape index (κ2) is 6.80. The van der Waals surface area contributed by atoms with E-state index in [4.69, 9.17) is 18.9 Å². The average molecular weight is 335 g/mol. The van der Waals surface area contributed by atoms with Crippen LogP contribution in [0.25, 0.3) is 0 Å². The van der Waals surface area contributed by atoms with Crippen LogP contribution in [-0.4, -0.2) is 54.8 Å². The highest BCUT2D eigenvalue weighted by atomic mass is 16.8. The molecule has 6 nitrogen and oxygen atoms in total. The molecule has 0 aromatic heterocycles. The average Bonchev–Trinajstić information content (AvgIpc) is 2.98. The minimum absolute atomic E-state index is 0.0365. The van der Waals surface area contributed by atoms with Crippen LogP contribution in [0.15, 0.2) is 30.3 Å². The highest BCUT2D eigenvalue weighted by Crippen LogP contribution is 2.39. The minimum atomic E-state index is -0.707. The summed E-state index contributed by atoms with van der Waals surface area (Å²) in [6, 6.07) is 9.72. The number of rotatable bonds is 5. The summed E-state index contributed by atoms with van der Waals surface area (Å²) in [7, 11) is 1.76. The molecule has 1 aromatic carbocycles. The molecule has 0 unspecified atom stereocenters. The minimum Gasteiger partial charge on any atom is -0.374 e. The lowest BCUT2D eigenvalue weighted by atomic mass is 10.1. The Hall–Kier alpha value is -1.47. The molecule has 2 aliphatic heterocycles. The van der Waals surface area contributed by atoms with Crippen molar-refractivity contribution in [1.29, 1.82) is 0 Å². The molecule has 0 aliphatic carbocycles. The molecule has 1 aromatic rings. The summed E-state index contributed by atoms with van der Waals surface area (Å²) in [5.41, 5.74) is 1.10. The third-order valence-corrected chi connectivity index (χ3v) is 4.45. The lowest BCUT2D eigenvalue weighted by molar-refractivity contribution is -0.216. The lowest BCUT2D eigenvalue weighted by Crippen LogP contribution is -2.49. The van der Waals surface area contributed by atoms with Crippen molar-refractivity contribution in [3.05, 3.63) is 35.9 Å². The molecule has 0 bridgehead atoms. The third kappa shape index (κ3) is 3.62. The zero-order valence-electron chi connectivity index (χ0n) is 14.6. The molecule has 0 saturated carbocycles. The monoisotopic (exact) mass is 335 g/mol. The summed E-state index contributed by atoms with van der Waals surface area (Å²) in [5.74, 6) is -0.744. The summed E-state index contributed by atoms with van der Waals surface area (Å²) >= 11 is 0. The van der Waals surface area contributed by atoms with Crippen LogP contribution in [0.5, 0.6) is 0 Å². The van der Waals surface area contributed by atoms with Crippen LogP contribution in [0, 0.1) is 0 Å². The smallest absolute Gasteiger partial charge is 0.219 e. The molecule has 24 heavy (non-hydrogen) atoms. The molecule has 6 heteroatoms. The number of hydrogen-bond acceptors (Lipinski definition) is 5. The van der Waals surface area contributed by atoms with Gasteiger partial charge in [-0.15, -0.1) is 0 Å². The Balaban J connectivity index is 1.64. The number of nitrogens with zero attached hydrogens (tertiary/aromatic N) is 1. The number of fused-ring (bicyclic) bond motifs is 1. The van der Waals surface area contributed by atoms with E-state index in [9.17, 15) is 4.79 Å². The molecule has 2 aliphatic rings. The molecule has 2 saturated heterocycles. The van der Waals surface area contributed by atoms with E-state index in [2.05, 4.69) is 0 Å². The first-order chi connectivity index (χ1) is 11.4. The molecule has 0 spiro atoms. The van der Waals surface area contributed by atoms with Crippen molar-refractivity contribution >= 4 is 5.91 Å². The molecule has 2 heterocycles. The summed E-state index contributed by atoms with van der Waals surface area (Å²) in [6.07, 6.45) is -1.06. The largest absolute Gasteiger partial charge is 0.374 e. The molecule has 4 atom stereocenters. The van der Waals surface area contributed by atoms with Crippen LogP contribution in [-0.2, 0) is 30.3 Å². The van der Waals surface area contributed by atoms with Gasteiger partial charge in [0.05, 0.1) is 19.3 Å². The highest BCUT2D eigenvalue weighted by Gasteiger charge is 2.56. The van der Waals surface area contributed by atoms with Gasteiger partial charge in [0.25, 0.3) is 0 Å². The molecule has 2 fully saturated rings. The Morgan fingerprint density at radius 1 is 1.25 bits per heavy atom. The van der Waals surface area contributed by atoms with Crippen molar-refractivity contribution in [3.8, 4) is 0 Å². The van der Waals surface area contributed by atoms with E-state index in [1.54, 1.807) is 11.9 Å². The number of benzene rings is 1. The maximum atomic E-state index is 11.9. The number of amides is 1. The SMILES string of the molecule is CC(=O)N(C)[C@H]1[C@H]2OC(C)(C)O[C@H]2O[C@@H]1COCc1ccccc1. The van der Waals surface area contributed by atoms with E-state index in [0.717, 1.165) is 5.56 Å². The van der Waals surface area contributed by atoms with Gasteiger partial charge in [-0.05, 0) is 19.4 Å². The van der Waals surface area contributed by atoms with Crippen molar-refractivity contribution in [2.75, 3.05) is 13.7 Å². The normalized spacial score (nSPS) is 31.0. The Morgan fingerprint density at radius 2 is 1.96 bits per heavy atom. The van der Waals surface area contributed by atoms with Crippen LogP contribution in [0.1, 0.15) is 26.3 Å². The number of carbonyl (C=O) groups excluding carboxylic acids is 1. The number of ether oxygens (including phenoxy) is 4. The molecular formula is C18H25NO5. The fourth-order valence-corrected chi connectivity index (χ4v) is 3.24. The summed E-state index contributed by atoms with van der Waals surface area (Å²) < 4.78 is 23.5. The van der Waals surface area contributed by atoms with Crippen molar-refractivity contribution in [1.82, 2.24) is 4.90 Å². The Labute approximate surface area is 142 Å². The van der Waals surface area contributed by atoms with Gasteiger partial charge in [0, 0.05) is 14.0 Å². The second-order valence-electron chi connectivity index (χ2n) is 6.76. The third-order valence-electron chi connectivity index (χ3n) is 4.45. The van der Waals surface area contributed by atoms with Crippen molar-refractivity contribution in [2.24, 2.45) is 0 Å². The summed E-state index contributed by atoms with van der Waals surface area (Å²) in [5, 5.41) is 0. The first-order valence-electron chi connectivity index (χ1n) is 8.23. The Bertz CT molecular complexity index is 576. The number of likely N-dealkylation sites (N-methyl/N-ethyl adjacent to an activating group) is 1. The number of carbonyl (C=O) groups is 1. The molecule has 3 rings (SSSR count). The van der Waals surface area contributed by atoms with Crippen LogP contribution < -0.4 is 0 Å². The van der Waals surface area contributed by atoms with Crippen molar-refractivity contribution < 1.29 is 23.7 Å². The van der Waals surface area contributed by atoms with Crippen LogP contribution in [0.4, 0.5) is 0 Å². The zero-order chi connectivity index (χ0) is 17.3. The molecular weight excluding hydrogens is 310 g/mol. The molecule has 0 radical (unpaired) electrons. The first kappa shape index (κ1) is 17.4. The Kier molecular flexibility index (Phi) is 4.92. The van der Waals surface area contributed by atoms with E-state index in [-0.39, 0.29) is 24.2 Å². The van der Waals surface area contributed by atoms with Gasteiger partial charge in [0.15, 0.2) is 12.1 Å². The summed E-state index contributed by atoms with van der Waals surface area (Å²) in [6.45, 7) is 6.11. The molecule has 132 valence electrons. The number of hydrogen-bond donors (Lipinski definition) is 0. The van der Waals surface area contributed by atoms with Crippen LogP contribution >= 0.6 is 0 Å². The van der Waals surface area contributed by atoms with Gasteiger partial charge in [-0.3, -0.25) is 4.79 Å². The maximum absolute atomic E-state index is 11.9. The fourth-order valence-electron chi connectivity index (χ4n) is 3.24. The van der Waals surface area contributed by atoms with Crippen molar-refractivity contribution in [3.63, 3.8) is 0 Å². The zero-order valence-corrected chi connectivity index (χ0v) is 14.6. The van der Waals surface area contributed by atoms with Gasteiger partial charge in [-0.25, -0.2) is 0 Å². The van der Waals surface area contributed by atoms with E-state index < -0.39 is 12.1 Å². The van der Waals surface area contributed by atoms with E-state index in [0.29, 0.717) is 13.2 Å². The quantitative estimate of drug-likeness (QED) is 0.823. The molecule has 1 amide bonds. The Morgan fingerprint density at radius 3 is 2.62 bits per heavy atom. The van der Waals surface area contributed by atoms with Gasteiger partial charge < -0.3 is 23.8 Å². The highest BCUT2D eigenvalue weighted by molar-refractivity contribution is 5.73. The van der Waals surface area contributed by atoms with Gasteiger partial charge in [-0.2, -0.15) is 0 Å². The van der Waals surface area contributed by atoms with Gasteiger partial charge in [0.1, 0.15) is 12.2 Å². The van der Waals surface area contributed by atoms with Gasteiger partial charge in [-0.1, -0.05) is 30.3 Å². The predicted molar refractivity (Wildman–Crippen MR) is 87.0 cm³/mol. The van der Waals surface area contributed by atoms with Gasteiger partial charge in [0.2, 0.25) is 5.91 Å². The standard InChI is InChI=1S/C18H25NO5/c1-12(20)19(4)15-14(11-21-10-13-8-6-5-7-9-13)22-17-16(15)23-18(2,3)24-17/h5-9,14-17H,10-11H2,1-4H3/t14-,15-,16-,17-/m1/s1. The molecule has 0 N–H and O–H groups in total. The first-order valence-corrected chi connectivity index (χ1v) is 8.23. The van der Waals surface area contributed by atoms with E-state index >= 15 is 0 Å². The second-order valence-corrected chi connectivity index (χ2v) is 6.76. The van der Waals surface area contributed by atoms with Gasteiger partial charge >= 0.3 is 0 Å². The fraction of sp³-hybridized carbons (Fsp3) is 0.611. The van der Waals surface area contributed by atoms with E-state index in [1.165, 1.54) is 6.92 Å². The lowest BCUT2D eigenvalue weighted by Gasteiger charge is -2.31. The van der Waals surface area contributed by atoms with Crippen molar-refractivity contribution in [2.45, 2.75) is 57.7 Å².